The van der Waals surface area contributed by atoms with Crippen LogP contribution in [0.1, 0.15) is 58.5 Å². The number of nitrogens with zero attached hydrogens (tertiary/aromatic N) is 3. The lowest BCUT2D eigenvalue weighted by atomic mass is 10.0. The van der Waals surface area contributed by atoms with E-state index in [-0.39, 0.29) is 11.8 Å². The smallest absolute Gasteiger partial charge is 0.326 e. The number of anilines is 1. The van der Waals surface area contributed by atoms with Crippen molar-refractivity contribution in [2.75, 3.05) is 11.9 Å². The third kappa shape index (κ3) is 3.87. The number of likely N-dealkylation sites (tertiary alicyclic amines) is 1. The fraction of sp³-hybridized carbons (Fsp3) is 0.429. The molecule has 1 saturated heterocycles. The van der Waals surface area contributed by atoms with Crippen molar-refractivity contribution < 1.29 is 19.5 Å². The average molecular weight is 396 g/mol. The Labute approximate surface area is 168 Å². The molecule has 2 aliphatic rings. The molecule has 1 atom stereocenters. The summed E-state index contributed by atoms with van der Waals surface area (Å²) in [6.45, 7) is 1.25. The van der Waals surface area contributed by atoms with Gasteiger partial charge in [0, 0.05) is 24.3 Å². The minimum absolute atomic E-state index is 0.251. The molecule has 3 heterocycles. The standard InChI is InChI=1S/C21H24N4O4/c26-19(16-13-22-25-11-4-2-8-17(16)25)23-15-7-5-6-14(12-15)20(27)24-10-3-1-9-18(24)21(28)29/h5-7,12-13,18H,1-4,8-11H2,(H,23,26)(H,28,29). The van der Waals surface area contributed by atoms with Gasteiger partial charge in [-0.1, -0.05) is 6.07 Å². The van der Waals surface area contributed by atoms with E-state index in [1.54, 1.807) is 30.5 Å². The van der Waals surface area contributed by atoms with Crippen LogP contribution in [0.15, 0.2) is 30.5 Å². The zero-order chi connectivity index (χ0) is 20.4. The summed E-state index contributed by atoms with van der Waals surface area (Å²) in [5, 5.41) is 16.6. The van der Waals surface area contributed by atoms with Crippen LogP contribution in [0.2, 0.25) is 0 Å². The quantitative estimate of drug-likeness (QED) is 0.826. The third-order valence-electron chi connectivity index (χ3n) is 5.64. The summed E-state index contributed by atoms with van der Waals surface area (Å²) < 4.78 is 1.88. The topological polar surface area (TPSA) is 105 Å². The first-order valence-electron chi connectivity index (χ1n) is 10.0. The van der Waals surface area contributed by atoms with E-state index in [0.29, 0.717) is 29.8 Å². The maximum Gasteiger partial charge on any atom is 0.326 e. The molecule has 0 aliphatic carbocycles. The summed E-state index contributed by atoms with van der Waals surface area (Å²) in [4.78, 5) is 38.6. The molecule has 8 nitrogen and oxygen atoms in total. The van der Waals surface area contributed by atoms with Gasteiger partial charge >= 0.3 is 5.97 Å². The molecule has 2 aromatic rings. The van der Waals surface area contributed by atoms with Crippen molar-refractivity contribution in [2.24, 2.45) is 0 Å². The number of carbonyl (C=O) groups excluding carboxylic acids is 2. The molecule has 2 aliphatic heterocycles. The molecule has 0 saturated carbocycles. The van der Waals surface area contributed by atoms with E-state index in [2.05, 4.69) is 10.4 Å². The average Bonchev–Trinajstić information content (AvgIpc) is 3.18. The highest BCUT2D eigenvalue weighted by Gasteiger charge is 2.32. The molecule has 8 heteroatoms. The van der Waals surface area contributed by atoms with Crippen LogP contribution in [-0.2, 0) is 17.8 Å². The minimum atomic E-state index is -0.978. The summed E-state index contributed by atoms with van der Waals surface area (Å²) in [7, 11) is 0. The first-order valence-corrected chi connectivity index (χ1v) is 10.0. The van der Waals surface area contributed by atoms with Crippen molar-refractivity contribution >= 4 is 23.5 Å². The number of aromatic nitrogens is 2. The molecule has 1 unspecified atom stereocenters. The number of carbonyl (C=O) groups is 3. The lowest BCUT2D eigenvalue weighted by molar-refractivity contribution is -0.143. The summed E-state index contributed by atoms with van der Waals surface area (Å²) in [5.74, 6) is -1.55. The Hall–Kier alpha value is -3.16. The third-order valence-corrected chi connectivity index (χ3v) is 5.64. The summed E-state index contributed by atoms with van der Waals surface area (Å²) in [6, 6.07) is 5.86. The van der Waals surface area contributed by atoms with Crippen LogP contribution >= 0.6 is 0 Å². The molecule has 4 rings (SSSR count). The van der Waals surface area contributed by atoms with Crippen LogP contribution in [0.4, 0.5) is 5.69 Å². The molecule has 0 bridgehead atoms. The number of aryl methyl sites for hydroxylation is 1. The Bertz CT molecular complexity index is 952. The number of nitrogens with one attached hydrogen (secondary N) is 1. The number of aliphatic carboxylic acids is 1. The predicted molar refractivity (Wildman–Crippen MR) is 106 cm³/mol. The molecule has 2 amide bonds. The molecule has 152 valence electrons. The van der Waals surface area contributed by atoms with E-state index in [9.17, 15) is 19.5 Å². The number of hydrogen-bond donors (Lipinski definition) is 2. The molecule has 0 radical (unpaired) electrons. The largest absolute Gasteiger partial charge is 0.480 e. The number of carboxylic acid groups (broad SMARTS) is 1. The molecule has 2 N–H and O–H groups in total. The number of benzene rings is 1. The highest BCUT2D eigenvalue weighted by Crippen LogP contribution is 2.23. The highest BCUT2D eigenvalue weighted by molar-refractivity contribution is 6.06. The highest BCUT2D eigenvalue weighted by atomic mass is 16.4. The van der Waals surface area contributed by atoms with E-state index in [0.717, 1.165) is 44.3 Å². The lowest BCUT2D eigenvalue weighted by Gasteiger charge is -2.33. The first-order chi connectivity index (χ1) is 14.0. The number of hydrogen-bond acceptors (Lipinski definition) is 4. The molecule has 1 fully saturated rings. The monoisotopic (exact) mass is 396 g/mol. The number of amides is 2. The van der Waals surface area contributed by atoms with E-state index >= 15 is 0 Å². The van der Waals surface area contributed by atoms with Gasteiger partial charge in [-0.3, -0.25) is 14.3 Å². The van der Waals surface area contributed by atoms with Crippen LogP contribution in [0, 0.1) is 0 Å². The number of rotatable bonds is 4. The van der Waals surface area contributed by atoms with Crippen LogP contribution in [0.5, 0.6) is 0 Å². The van der Waals surface area contributed by atoms with Crippen molar-refractivity contribution in [3.05, 3.63) is 47.3 Å². The maximum absolute atomic E-state index is 12.9. The summed E-state index contributed by atoms with van der Waals surface area (Å²) in [6.07, 6.45) is 6.57. The van der Waals surface area contributed by atoms with Crippen molar-refractivity contribution in [2.45, 2.75) is 51.1 Å². The number of piperidine rings is 1. The Morgan fingerprint density at radius 1 is 1.10 bits per heavy atom. The zero-order valence-corrected chi connectivity index (χ0v) is 16.1. The van der Waals surface area contributed by atoms with Crippen LogP contribution < -0.4 is 5.32 Å². The van der Waals surface area contributed by atoms with Gasteiger partial charge in [0.2, 0.25) is 0 Å². The molecule has 29 heavy (non-hydrogen) atoms. The van der Waals surface area contributed by atoms with Crippen molar-refractivity contribution in [3.8, 4) is 0 Å². The molecular weight excluding hydrogens is 372 g/mol. The van der Waals surface area contributed by atoms with Gasteiger partial charge in [-0.05, 0) is 56.7 Å². The molecule has 1 aromatic carbocycles. The molecule has 0 spiro atoms. The second kappa shape index (κ2) is 8.06. The SMILES string of the molecule is O=C(Nc1cccc(C(=O)N2CCCCC2C(=O)O)c1)c1cnn2c1CCCC2. The van der Waals surface area contributed by atoms with Gasteiger partial charge in [0.15, 0.2) is 0 Å². The van der Waals surface area contributed by atoms with Crippen molar-refractivity contribution in [1.82, 2.24) is 14.7 Å². The van der Waals surface area contributed by atoms with Gasteiger partial charge in [0.1, 0.15) is 6.04 Å². The minimum Gasteiger partial charge on any atom is -0.480 e. The fourth-order valence-electron chi connectivity index (χ4n) is 4.14. The van der Waals surface area contributed by atoms with E-state index in [1.165, 1.54) is 4.90 Å². The van der Waals surface area contributed by atoms with E-state index in [4.69, 9.17) is 0 Å². The second-order valence-electron chi connectivity index (χ2n) is 7.57. The zero-order valence-electron chi connectivity index (χ0n) is 16.1. The van der Waals surface area contributed by atoms with E-state index < -0.39 is 12.0 Å². The first kappa shape index (κ1) is 19.2. The second-order valence-corrected chi connectivity index (χ2v) is 7.57. The number of carboxylic acids is 1. The van der Waals surface area contributed by atoms with Gasteiger partial charge in [0.25, 0.3) is 11.8 Å². The Morgan fingerprint density at radius 3 is 2.76 bits per heavy atom. The Kier molecular flexibility index (Phi) is 5.33. The molecule has 1 aromatic heterocycles. The normalized spacial score (nSPS) is 18.8. The van der Waals surface area contributed by atoms with Gasteiger partial charge < -0.3 is 15.3 Å². The van der Waals surface area contributed by atoms with Crippen molar-refractivity contribution in [1.29, 1.82) is 0 Å². The van der Waals surface area contributed by atoms with E-state index in [1.807, 2.05) is 4.68 Å². The summed E-state index contributed by atoms with van der Waals surface area (Å²) in [5.41, 5.74) is 2.37. The molecular formula is C21H24N4O4. The summed E-state index contributed by atoms with van der Waals surface area (Å²) >= 11 is 0. The van der Waals surface area contributed by atoms with Gasteiger partial charge in [0.05, 0.1) is 17.5 Å². The van der Waals surface area contributed by atoms with Gasteiger partial charge in [-0.15, -0.1) is 0 Å². The fourth-order valence-corrected chi connectivity index (χ4v) is 4.14. The van der Waals surface area contributed by atoms with Crippen LogP contribution in [0.3, 0.4) is 0 Å². The Balaban J connectivity index is 1.51. The number of fused-ring (bicyclic) bond motifs is 1. The Morgan fingerprint density at radius 2 is 1.93 bits per heavy atom. The predicted octanol–water partition coefficient (Wildman–Crippen LogP) is 2.55. The lowest BCUT2D eigenvalue weighted by Crippen LogP contribution is -2.48. The van der Waals surface area contributed by atoms with Crippen LogP contribution in [0.25, 0.3) is 0 Å². The van der Waals surface area contributed by atoms with Crippen molar-refractivity contribution in [3.63, 3.8) is 0 Å². The van der Waals surface area contributed by atoms with Crippen LogP contribution in [-0.4, -0.2) is 50.2 Å². The van der Waals surface area contributed by atoms with Gasteiger partial charge in [-0.25, -0.2) is 4.79 Å². The van der Waals surface area contributed by atoms with Gasteiger partial charge in [-0.2, -0.15) is 5.10 Å². The maximum atomic E-state index is 12.9.